The molecule has 68 valence electrons. The number of hydrogen-bond acceptors (Lipinski definition) is 2. The molecule has 0 saturated carbocycles. The lowest BCUT2D eigenvalue weighted by Crippen LogP contribution is -1.97. The summed E-state index contributed by atoms with van der Waals surface area (Å²) < 4.78 is 11.2. The summed E-state index contributed by atoms with van der Waals surface area (Å²) in [5, 5.41) is 8.55. The summed E-state index contributed by atoms with van der Waals surface area (Å²) in [6.45, 7) is 1.90. The Morgan fingerprint density at radius 1 is 1.38 bits per heavy atom. The molecular weight excluding hydrogens is 182 g/mol. The maximum Gasteiger partial charge on any atom is 0.0991 e. The van der Waals surface area contributed by atoms with Gasteiger partial charge in [0.15, 0.2) is 0 Å². The summed E-state index contributed by atoms with van der Waals surface area (Å²) >= 11 is 0. The minimum absolute atomic E-state index is 0.586. The fraction of sp³-hybridized carbons (Fsp3) is 0.300. The Hall–Kier alpha value is -1.14. The molecule has 1 rings (SSSR count). The lowest BCUT2D eigenvalue weighted by Gasteiger charge is -1.98. The van der Waals surface area contributed by atoms with E-state index in [1.165, 1.54) is 0 Å². The van der Waals surface area contributed by atoms with Crippen molar-refractivity contribution in [3.8, 4) is 6.07 Å². The zero-order chi connectivity index (χ0) is 9.68. The van der Waals surface area contributed by atoms with E-state index in [2.05, 4.69) is 0 Å². The van der Waals surface area contributed by atoms with Gasteiger partial charge in [-0.2, -0.15) is 5.26 Å². The molecule has 0 aliphatic carbocycles. The van der Waals surface area contributed by atoms with E-state index in [0.717, 1.165) is 5.56 Å². The molecule has 0 bridgehead atoms. The van der Waals surface area contributed by atoms with Crippen molar-refractivity contribution in [1.82, 2.24) is 0 Å². The Balaban J connectivity index is 2.71. The second kappa shape index (κ2) is 4.78. The van der Waals surface area contributed by atoms with Crippen molar-refractivity contribution in [3.05, 3.63) is 35.4 Å². The number of benzene rings is 1. The SMILES string of the molecule is CCS(=O)Cc1ccc(C#N)cc1. The molecule has 0 aliphatic heterocycles. The third kappa shape index (κ3) is 3.00. The second-order valence-electron chi connectivity index (χ2n) is 2.68. The van der Waals surface area contributed by atoms with Crippen molar-refractivity contribution in [2.24, 2.45) is 0 Å². The largest absolute Gasteiger partial charge is 0.259 e. The average molecular weight is 193 g/mol. The molecule has 0 amide bonds. The highest BCUT2D eigenvalue weighted by Gasteiger charge is 1.98. The Bertz CT molecular complexity index is 337. The van der Waals surface area contributed by atoms with Gasteiger partial charge in [0, 0.05) is 22.3 Å². The maximum absolute atomic E-state index is 11.2. The van der Waals surface area contributed by atoms with Crippen molar-refractivity contribution in [2.45, 2.75) is 12.7 Å². The fourth-order valence-corrected chi connectivity index (χ4v) is 1.73. The van der Waals surface area contributed by atoms with Crippen LogP contribution in [0.1, 0.15) is 18.1 Å². The van der Waals surface area contributed by atoms with Gasteiger partial charge in [0.1, 0.15) is 0 Å². The molecule has 0 heterocycles. The summed E-state index contributed by atoms with van der Waals surface area (Å²) in [7, 11) is -0.769. The van der Waals surface area contributed by atoms with Crippen LogP contribution in [0.3, 0.4) is 0 Å². The monoisotopic (exact) mass is 193 g/mol. The van der Waals surface area contributed by atoms with Crippen LogP contribution in [0.5, 0.6) is 0 Å². The summed E-state index contributed by atoms with van der Waals surface area (Å²) in [5.41, 5.74) is 1.67. The highest BCUT2D eigenvalue weighted by Crippen LogP contribution is 2.05. The minimum atomic E-state index is -0.769. The van der Waals surface area contributed by atoms with E-state index < -0.39 is 10.8 Å². The normalized spacial score (nSPS) is 12.0. The Kier molecular flexibility index (Phi) is 3.66. The van der Waals surface area contributed by atoms with Gasteiger partial charge in [-0.3, -0.25) is 4.21 Å². The Labute approximate surface area is 80.7 Å². The molecule has 0 radical (unpaired) electrons. The van der Waals surface area contributed by atoms with E-state index in [1.54, 1.807) is 12.1 Å². The van der Waals surface area contributed by atoms with Crippen LogP contribution in [0.2, 0.25) is 0 Å². The maximum atomic E-state index is 11.2. The molecule has 3 heteroatoms. The topological polar surface area (TPSA) is 40.9 Å². The highest BCUT2D eigenvalue weighted by atomic mass is 32.2. The molecule has 2 nitrogen and oxygen atoms in total. The van der Waals surface area contributed by atoms with Crippen LogP contribution in [0, 0.1) is 11.3 Å². The van der Waals surface area contributed by atoms with Crippen LogP contribution in [-0.4, -0.2) is 9.96 Å². The van der Waals surface area contributed by atoms with E-state index in [4.69, 9.17) is 5.26 Å². The zero-order valence-electron chi connectivity index (χ0n) is 7.49. The molecule has 1 aromatic rings. The lowest BCUT2D eigenvalue weighted by atomic mass is 10.2. The van der Waals surface area contributed by atoms with E-state index >= 15 is 0 Å². The minimum Gasteiger partial charge on any atom is -0.259 e. The number of rotatable bonds is 3. The first kappa shape index (κ1) is 9.94. The van der Waals surface area contributed by atoms with Crippen LogP contribution in [0.25, 0.3) is 0 Å². The van der Waals surface area contributed by atoms with Gasteiger partial charge in [0.25, 0.3) is 0 Å². The zero-order valence-corrected chi connectivity index (χ0v) is 8.30. The van der Waals surface area contributed by atoms with Crippen LogP contribution in [0.4, 0.5) is 0 Å². The summed E-state index contributed by atoms with van der Waals surface area (Å²) in [6.07, 6.45) is 0. The number of hydrogen-bond donors (Lipinski definition) is 0. The van der Waals surface area contributed by atoms with Gasteiger partial charge >= 0.3 is 0 Å². The third-order valence-electron chi connectivity index (χ3n) is 1.73. The van der Waals surface area contributed by atoms with Gasteiger partial charge < -0.3 is 0 Å². The van der Waals surface area contributed by atoms with Gasteiger partial charge in [-0.05, 0) is 17.7 Å². The predicted octanol–water partition coefficient (Wildman–Crippen LogP) is 1.83. The highest BCUT2D eigenvalue weighted by molar-refractivity contribution is 7.84. The Morgan fingerprint density at radius 2 is 2.00 bits per heavy atom. The van der Waals surface area contributed by atoms with Crippen molar-refractivity contribution in [2.75, 3.05) is 5.75 Å². The van der Waals surface area contributed by atoms with Crippen molar-refractivity contribution >= 4 is 10.8 Å². The predicted molar refractivity (Wildman–Crippen MR) is 53.5 cm³/mol. The molecule has 0 aromatic heterocycles. The summed E-state index contributed by atoms with van der Waals surface area (Å²) in [6, 6.07) is 9.26. The quantitative estimate of drug-likeness (QED) is 0.734. The van der Waals surface area contributed by atoms with Crippen LogP contribution < -0.4 is 0 Å². The van der Waals surface area contributed by atoms with Crippen molar-refractivity contribution < 1.29 is 4.21 Å². The molecule has 13 heavy (non-hydrogen) atoms. The van der Waals surface area contributed by atoms with Gasteiger partial charge in [0.2, 0.25) is 0 Å². The Morgan fingerprint density at radius 3 is 2.46 bits per heavy atom. The molecule has 1 atom stereocenters. The standard InChI is InChI=1S/C10H11NOS/c1-2-13(12)8-10-5-3-9(7-11)4-6-10/h3-6H,2,8H2,1H3. The lowest BCUT2D eigenvalue weighted by molar-refractivity contribution is 0.683. The third-order valence-corrected chi connectivity index (χ3v) is 3.03. The van der Waals surface area contributed by atoms with Gasteiger partial charge in [-0.15, -0.1) is 0 Å². The van der Waals surface area contributed by atoms with Crippen LogP contribution in [0.15, 0.2) is 24.3 Å². The van der Waals surface area contributed by atoms with Gasteiger partial charge in [-0.1, -0.05) is 19.1 Å². The van der Waals surface area contributed by atoms with Gasteiger partial charge in [-0.25, -0.2) is 0 Å². The van der Waals surface area contributed by atoms with E-state index in [-0.39, 0.29) is 0 Å². The summed E-state index contributed by atoms with van der Waals surface area (Å²) in [5.74, 6) is 1.27. The molecule has 0 saturated heterocycles. The fourth-order valence-electron chi connectivity index (χ4n) is 0.963. The average Bonchev–Trinajstić information content (AvgIpc) is 2.19. The number of nitrogens with zero attached hydrogens (tertiary/aromatic N) is 1. The van der Waals surface area contributed by atoms with Gasteiger partial charge in [0.05, 0.1) is 11.6 Å². The number of nitriles is 1. The molecule has 0 spiro atoms. The van der Waals surface area contributed by atoms with E-state index in [1.807, 2.05) is 25.1 Å². The summed E-state index contributed by atoms with van der Waals surface area (Å²) in [4.78, 5) is 0. The molecule has 0 N–H and O–H groups in total. The van der Waals surface area contributed by atoms with Crippen molar-refractivity contribution in [3.63, 3.8) is 0 Å². The molecular formula is C10H11NOS. The van der Waals surface area contributed by atoms with Crippen LogP contribution in [-0.2, 0) is 16.6 Å². The molecule has 1 unspecified atom stereocenters. The van der Waals surface area contributed by atoms with Crippen LogP contribution >= 0.6 is 0 Å². The molecule has 0 fully saturated rings. The molecule has 0 aliphatic rings. The van der Waals surface area contributed by atoms with Crippen molar-refractivity contribution in [1.29, 1.82) is 5.26 Å². The smallest absolute Gasteiger partial charge is 0.0991 e. The second-order valence-corrected chi connectivity index (χ2v) is 4.43. The van der Waals surface area contributed by atoms with E-state index in [0.29, 0.717) is 17.1 Å². The first-order valence-corrected chi connectivity index (χ1v) is 5.59. The first-order chi connectivity index (χ1) is 6.26. The molecule has 1 aromatic carbocycles. The van der Waals surface area contributed by atoms with E-state index in [9.17, 15) is 4.21 Å². The first-order valence-electron chi connectivity index (χ1n) is 4.10.